The van der Waals surface area contributed by atoms with Crippen LogP contribution in [0, 0.1) is 10.1 Å². The quantitative estimate of drug-likeness (QED) is 0.675. The average Bonchev–Trinajstić information content (AvgIpc) is 3.03. The Balaban J connectivity index is 1.57. The first kappa shape index (κ1) is 15.6. The molecule has 120 valence electrons. The maximum Gasteiger partial charge on any atom is 0.324 e. The molecule has 1 aliphatic heterocycles. The van der Waals surface area contributed by atoms with Gasteiger partial charge < -0.3 is 10.2 Å². The minimum Gasteiger partial charge on any atom is -0.311 e. The Hall–Kier alpha value is -2.25. The molecule has 7 heteroatoms. The zero-order valence-corrected chi connectivity index (χ0v) is 13.3. The number of nitrogens with zero attached hydrogens (tertiary/aromatic N) is 2. The molecule has 0 bridgehead atoms. The van der Waals surface area contributed by atoms with Crippen molar-refractivity contribution in [1.82, 2.24) is 5.32 Å². The molecule has 0 atom stereocenters. The minimum atomic E-state index is -0.399. The average molecular weight is 331 g/mol. The molecule has 0 saturated carbocycles. The standard InChI is InChI=1S/C16H17N3O3S/c20-15(10-17-9-12-8-16(19(21)22)23-11-12)18-7-3-5-13-4-1-2-6-14(13)18/h1-2,4,6,8,11,17H,3,5,7,9-10H2. The fourth-order valence-electron chi connectivity index (χ4n) is 2.75. The summed E-state index contributed by atoms with van der Waals surface area (Å²) in [5.41, 5.74) is 3.03. The van der Waals surface area contributed by atoms with E-state index in [-0.39, 0.29) is 17.5 Å². The molecule has 3 rings (SSSR count). The number of rotatable bonds is 5. The molecular formula is C16H17N3O3S. The van der Waals surface area contributed by atoms with Gasteiger partial charge in [-0.05, 0) is 30.0 Å². The topological polar surface area (TPSA) is 75.5 Å². The van der Waals surface area contributed by atoms with Crippen LogP contribution in [-0.2, 0) is 17.8 Å². The fraction of sp³-hybridized carbons (Fsp3) is 0.312. The molecule has 1 amide bonds. The van der Waals surface area contributed by atoms with Crippen LogP contribution in [0.2, 0.25) is 0 Å². The molecule has 1 aromatic carbocycles. The summed E-state index contributed by atoms with van der Waals surface area (Å²) in [5.74, 6) is 0.0295. The highest BCUT2D eigenvalue weighted by atomic mass is 32.1. The van der Waals surface area contributed by atoms with Crippen molar-refractivity contribution in [3.8, 4) is 0 Å². The van der Waals surface area contributed by atoms with Crippen molar-refractivity contribution in [2.24, 2.45) is 0 Å². The Morgan fingerprint density at radius 1 is 1.39 bits per heavy atom. The molecule has 0 unspecified atom stereocenters. The second-order valence-corrected chi connectivity index (χ2v) is 6.32. The van der Waals surface area contributed by atoms with Gasteiger partial charge in [-0.25, -0.2) is 0 Å². The lowest BCUT2D eigenvalue weighted by Gasteiger charge is -2.29. The van der Waals surface area contributed by atoms with Crippen LogP contribution < -0.4 is 10.2 Å². The van der Waals surface area contributed by atoms with Crippen molar-refractivity contribution >= 4 is 27.9 Å². The van der Waals surface area contributed by atoms with Crippen molar-refractivity contribution < 1.29 is 9.72 Å². The van der Waals surface area contributed by atoms with Gasteiger partial charge in [0.05, 0.1) is 11.5 Å². The SMILES string of the molecule is O=C(CNCc1csc([N+](=O)[O-])c1)N1CCCc2ccccc21. The molecule has 2 aromatic rings. The number of thiophene rings is 1. The highest BCUT2D eigenvalue weighted by molar-refractivity contribution is 7.13. The smallest absolute Gasteiger partial charge is 0.311 e. The van der Waals surface area contributed by atoms with Crippen LogP contribution in [0.25, 0.3) is 0 Å². The molecule has 0 fully saturated rings. The van der Waals surface area contributed by atoms with Crippen molar-refractivity contribution in [1.29, 1.82) is 0 Å². The highest BCUT2D eigenvalue weighted by Crippen LogP contribution is 2.26. The van der Waals surface area contributed by atoms with Crippen molar-refractivity contribution in [3.63, 3.8) is 0 Å². The maximum atomic E-state index is 12.4. The second kappa shape index (κ2) is 6.89. The van der Waals surface area contributed by atoms with Gasteiger partial charge in [0.15, 0.2) is 0 Å². The van der Waals surface area contributed by atoms with Gasteiger partial charge in [0.2, 0.25) is 5.91 Å². The van der Waals surface area contributed by atoms with Gasteiger partial charge in [-0.1, -0.05) is 29.5 Å². The van der Waals surface area contributed by atoms with Gasteiger partial charge in [-0.3, -0.25) is 14.9 Å². The summed E-state index contributed by atoms with van der Waals surface area (Å²) in [6.45, 7) is 1.41. The van der Waals surface area contributed by atoms with Crippen molar-refractivity contribution in [2.45, 2.75) is 19.4 Å². The van der Waals surface area contributed by atoms with E-state index in [1.165, 1.54) is 5.56 Å². The van der Waals surface area contributed by atoms with Gasteiger partial charge in [-0.15, -0.1) is 0 Å². The number of benzene rings is 1. The number of para-hydroxylation sites is 1. The van der Waals surface area contributed by atoms with E-state index < -0.39 is 4.92 Å². The lowest BCUT2D eigenvalue weighted by atomic mass is 10.0. The third-order valence-corrected chi connectivity index (χ3v) is 4.77. The van der Waals surface area contributed by atoms with Gasteiger partial charge in [-0.2, -0.15) is 0 Å². The Morgan fingerprint density at radius 3 is 3.00 bits per heavy atom. The molecule has 6 nitrogen and oxygen atoms in total. The normalized spacial score (nSPS) is 13.7. The number of carbonyl (C=O) groups is 1. The number of hydrogen-bond acceptors (Lipinski definition) is 5. The van der Waals surface area contributed by atoms with Crippen LogP contribution in [0.1, 0.15) is 17.5 Å². The largest absolute Gasteiger partial charge is 0.324 e. The lowest BCUT2D eigenvalue weighted by molar-refractivity contribution is -0.380. The highest BCUT2D eigenvalue weighted by Gasteiger charge is 2.21. The molecular weight excluding hydrogens is 314 g/mol. The van der Waals surface area contributed by atoms with Crippen molar-refractivity contribution in [3.05, 3.63) is 57.0 Å². The third-order valence-electron chi connectivity index (χ3n) is 3.84. The number of hydrogen-bond donors (Lipinski definition) is 1. The number of anilines is 1. The van der Waals surface area contributed by atoms with E-state index in [0.29, 0.717) is 6.54 Å². The number of fused-ring (bicyclic) bond motifs is 1. The van der Waals surface area contributed by atoms with Crippen LogP contribution in [0.15, 0.2) is 35.7 Å². The van der Waals surface area contributed by atoms with Gasteiger partial charge in [0.1, 0.15) is 0 Å². The molecule has 0 spiro atoms. The predicted octanol–water partition coefficient (Wildman–Crippen LogP) is 2.73. The number of nitrogens with one attached hydrogen (secondary N) is 1. The van der Waals surface area contributed by atoms with Crippen molar-refractivity contribution in [2.75, 3.05) is 18.0 Å². The van der Waals surface area contributed by atoms with Crippen LogP contribution in [0.3, 0.4) is 0 Å². The van der Waals surface area contributed by atoms with Crippen LogP contribution >= 0.6 is 11.3 Å². The summed E-state index contributed by atoms with van der Waals surface area (Å²) < 4.78 is 0. The van der Waals surface area contributed by atoms with Gasteiger partial charge >= 0.3 is 5.00 Å². The molecule has 1 aromatic heterocycles. The monoisotopic (exact) mass is 331 g/mol. The molecule has 1 aliphatic rings. The summed E-state index contributed by atoms with van der Waals surface area (Å²) in [6, 6.07) is 9.52. The zero-order chi connectivity index (χ0) is 16.2. The number of nitro groups is 1. The number of aryl methyl sites for hydroxylation is 1. The molecule has 1 N–H and O–H groups in total. The molecule has 0 radical (unpaired) electrons. The number of amides is 1. The fourth-order valence-corrected chi connectivity index (χ4v) is 3.48. The first-order chi connectivity index (χ1) is 11.1. The molecule has 0 aliphatic carbocycles. The van der Waals surface area contributed by atoms with Crippen LogP contribution in [0.5, 0.6) is 0 Å². The predicted molar refractivity (Wildman–Crippen MR) is 89.8 cm³/mol. The maximum absolute atomic E-state index is 12.4. The van der Waals surface area contributed by atoms with Crippen LogP contribution in [0.4, 0.5) is 10.7 Å². The first-order valence-electron chi connectivity index (χ1n) is 7.46. The Morgan fingerprint density at radius 2 is 2.22 bits per heavy atom. The molecule has 2 heterocycles. The third kappa shape index (κ3) is 3.57. The Kier molecular flexibility index (Phi) is 4.68. The molecule has 23 heavy (non-hydrogen) atoms. The summed E-state index contributed by atoms with van der Waals surface area (Å²) in [4.78, 5) is 24.5. The van der Waals surface area contributed by atoms with Gasteiger partial charge in [0.25, 0.3) is 0 Å². The minimum absolute atomic E-state index is 0.0295. The van der Waals surface area contributed by atoms with E-state index >= 15 is 0 Å². The van der Waals surface area contributed by atoms with E-state index in [1.54, 1.807) is 11.4 Å². The number of carbonyl (C=O) groups excluding carboxylic acids is 1. The lowest BCUT2D eigenvalue weighted by Crippen LogP contribution is -2.41. The Bertz CT molecular complexity index is 729. The van der Waals surface area contributed by atoms with E-state index in [4.69, 9.17) is 0 Å². The molecule has 0 saturated heterocycles. The first-order valence-corrected chi connectivity index (χ1v) is 8.34. The summed E-state index contributed by atoms with van der Waals surface area (Å²) in [5, 5.41) is 15.6. The summed E-state index contributed by atoms with van der Waals surface area (Å²) in [6.07, 6.45) is 1.98. The van der Waals surface area contributed by atoms with E-state index in [2.05, 4.69) is 11.4 Å². The second-order valence-electron chi connectivity index (χ2n) is 5.43. The van der Waals surface area contributed by atoms with E-state index in [0.717, 1.165) is 42.0 Å². The van der Waals surface area contributed by atoms with E-state index in [9.17, 15) is 14.9 Å². The Labute approximate surface area is 137 Å². The summed E-state index contributed by atoms with van der Waals surface area (Å²) in [7, 11) is 0. The zero-order valence-electron chi connectivity index (χ0n) is 12.5. The summed E-state index contributed by atoms with van der Waals surface area (Å²) >= 11 is 1.10. The van der Waals surface area contributed by atoms with Crippen LogP contribution in [-0.4, -0.2) is 23.9 Å². The van der Waals surface area contributed by atoms with E-state index in [1.807, 2.05) is 23.1 Å². The van der Waals surface area contributed by atoms with Gasteiger partial charge in [0, 0.05) is 30.2 Å².